The molecule has 3 aromatic rings. The first-order chi connectivity index (χ1) is 13.9. The first-order valence-electron chi connectivity index (χ1n) is 8.86. The lowest BCUT2D eigenvalue weighted by Gasteiger charge is -2.09. The SMILES string of the molecule is CCOC(=O)c1ccc(S(=O)(=O)Nc2c(C(=O)OCC)oc3ccccc23)cc1. The van der Waals surface area contributed by atoms with Crippen LogP contribution >= 0.6 is 0 Å². The summed E-state index contributed by atoms with van der Waals surface area (Å²) in [5.41, 5.74) is 0.561. The minimum Gasteiger partial charge on any atom is -0.462 e. The van der Waals surface area contributed by atoms with Gasteiger partial charge in [0.2, 0.25) is 5.76 Å². The molecule has 9 heteroatoms. The van der Waals surface area contributed by atoms with Crippen LogP contribution in [0, 0.1) is 0 Å². The molecule has 0 bridgehead atoms. The van der Waals surface area contributed by atoms with Gasteiger partial charge in [0, 0.05) is 5.39 Å². The standard InChI is InChI=1S/C20H19NO7S/c1-3-26-19(22)13-9-11-14(12-10-13)29(24,25)21-17-15-7-5-6-8-16(15)28-18(17)20(23)27-4-2/h5-12,21H,3-4H2,1-2H3. The number of sulfonamides is 1. The van der Waals surface area contributed by atoms with Gasteiger partial charge < -0.3 is 13.9 Å². The molecule has 0 aliphatic carbocycles. The molecule has 8 nitrogen and oxygen atoms in total. The molecule has 1 aromatic heterocycles. The zero-order chi connectivity index (χ0) is 21.0. The molecule has 0 aliphatic rings. The summed E-state index contributed by atoms with van der Waals surface area (Å²) in [5.74, 6) is -1.56. The highest BCUT2D eigenvalue weighted by Gasteiger charge is 2.26. The Kier molecular flexibility index (Phi) is 5.88. The molecule has 0 radical (unpaired) electrons. The Bertz CT molecular complexity index is 1150. The maximum absolute atomic E-state index is 12.9. The molecule has 0 unspecified atom stereocenters. The van der Waals surface area contributed by atoms with E-state index in [4.69, 9.17) is 13.9 Å². The van der Waals surface area contributed by atoms with Gasteiger partial charge in [0.1, 0.15) is 11.3 Å². The van der Waals surface area contributed by atoms with E-state index in [1.54, 1.807) is 38.1 Å². The molecule has 0 saturated carbocycles. The molecule has 0 spiro atoms. The van der Waals surface area contributed by atoms with Gasteiger partial charge in [-0.25, -0.2) is 18.0 Å². The molecule has 0 fully saturated rings. The number of carbonyl (C=O) groups is 2. The van der Waals surface area contributed by atoms with Crippen molar-refractivity contribution in [1.29, 1.82) is 0 Å². The van der Waals surface area contributed by atoms with Crippen LogP contribution in [0.1, 0.15) is 34.8 Å². The Labute approximate surface area is 167 Å². The van der Waals surface area contributed by atoms with Crippen molar-refractivity contribution in [2.45, 2.75) is 18.7 Å². The number of fused-ring (bicyclic) bond motifs is 1. The van der Waals surface area contributed by atoms with E-state index in [2.05, 4.69) is 4.72 Å². The number of ether oxygens (including phenoxy) is 2. The van der Waals surface area contributed by atoms with Crippen LogP contribution in [0.5, 0.6) is 0 Å². The lowest BCUT2D eigenvalue weighted by molar-refractivity contribution is 0.0492. The molecule has 3 rings (SSSR count). The molecule has 0 atom stereocenters. The van der Waals surface area contributed by atoms with Gasteiger partial charge in [-0.05, 0) is 50.2 Å². The summed E-state index contributed by atoms with van der Waals surface area (Å²) in [6, 6.07) is 11.9. The number of esters is 2. The lowest BCUT2D eigenvalue weighted by Crippen LogP contribution is -2.16. The Morgan fingerprint density at radius 1 is 0.931 bits per heavy atom. The number of nitrogens with one attached hydrogen (secondary N) is 1. The zero-order valence-electron chi connectivity index (χ0n) is 15.8. The monoisotopic (exact) mass is 417 g/mol. The number of carbonyl (C=O) groups excluding carboxylic acids is 2. The number of hydrogen-bond acceptors (Lipinski definition) is 7. The second kappa shape index (κ2) is 8.36. The van der Waals surface area contributed by atoms with E-state index in [9.17, 15) is 18.0 Å². The normalized spacial score (nSPS) is 11.2. The van der Waals surface area contributed by atoms with Crippen molar-refractivity contribution in [2.24, 2.45) is 0 Å². The van der Waals surface area contributed by atoms with E-state index in [1.165, 1.54) is 24.3 Å². The predicted molar refractivity (Wildman–Crippen MR) is 105 cm³/mol. The Balaban J connectivity index is 1.98. The first-order valence-corrected chi connectivity index (χ1v) is 10.3. The number of anilines is 1. The summed E-state index contributed by atoms with van der Waals surface area (Å²) < 4.78 is 43.5. The fourth-order valence-corrected chi connectivity index (χ4v) is 3.75. The van der Waals surface area contributed by atoms with E-state index < -0.39 is 22.0 Å². The molecular weight excluding hydrogens is 398 g/mol. The highest BCUT2D eigenvalue weighted by molar-refractivity contribution is 7.92. The van der Waals surface area contributed by atoms with Crippen molar-refractivity contribution in [3.8, 4) is 0 Å². The summed E-state index contributed by atoms with van der Waals surface area (Å²) in [6.45, 7) is 3.63. The summed E-state index contributed by atoms with van der Waals surface area (Å²) in [4.78, 5) is 23.9. The topological polar surface area (TPSA) is 112 Å². The van der Waals surface area contributed by atoms with Crippen molar-refractivity contribution in [3.63, 3.8) is 0 Å². The molecule has 0 aliphatic heterocycles. The smallest absolute Gasteiger partial charge is 0.376 e. The highest BCUT2D eigenvalue weighted by atomic mass is 32.2. The number of para-hydroxylation sites is 1. The second-order valence-corrected chi connectivity index (χ2v) is 7.56. The van der Waals surface area contributed by atoms with Gasteiger partial charge in [-0.2, -0.15) is 0 Å². The maximum atomic E-state index is 12.9. The molecular formula is C20H19NO7S. The maximum Gasteiger partial charge on any atom is 0.376 e. The second-order valence-electron chi connectivity index (χ2n) is 5.87. The Morgan fingerprint density at radius 3 is 2.21 bits per heavy atom. The van der Waals surface area contributed by atoms with Crippen molar-refractivity contribution in [3.05, 3.63) is 59.9 Å². The minimum atomic E-state index is -4.07. The van der Waals surface area contributed by atoms with Gasteiger partial charge in [-0.15, -0.1) is 0 Å². The number of furan rings is 1. The van der Waals surface area contributed by atoms with Gasteiger partial charge >= 0.3 is 11.9 Å². The van der Waals surface area contributed by atoms with Crippen LogP contribution in [0.3, 0.4) is 0 Å². The summed E-state index contributed by atoms with van der Waals surface area (Å²) in [6.07, 6.45) is 0. The molecule has 0 saturated heterocycles. The largest absolute Gasteiger partial charge is 0.462 e. The predicted octanol–water partition coefficient (Wildman–Crippen LogP) is 3.59. The van der Waals surface area contributed by atoms with Gasteiger partial charge in [0.15, 0.2) is 0 Å². The van der Waals surface area contributed by atoms with E-state index in [0.717, 1.165) is 0 Å². The first kappa shape index (κ1) is 20.4. The average Bonchev–Trinajstić information content (AvgIpc) is 3.06. The molecule has 29 heavy (non-hydrogen) atoms. The van der Waals surface area contributed by atoms with Crippen LogP contribution in [0.2, 0.25) is 0 Å². The van der Waals surface area contributed by atoms with Crippen molar-refractivity contribution < 1.29 is 31.9 Å². The van der Waals surface area contributed by atoms with E-state index in [-0.39, 0.29) is 35.1 Å². The Morgan fingerprint density at radius 2 is 1.55 bits per heavy atom. The van der Waals surface area contributed by atoms with E-state index in [0.29, 0.717) is 11.0 Å². The van der Waals surface area contributed by atoms with Crippen LogP contribution in [0.25, 0.3) is 11.0 Å². The van der Waals surface area contributed by atoms with Crippen LogP contribution in [-0.2, 0) is 19.5 Å². The Hall–Kier alpha value is -3.33. The van der Waals surface area contributed by atoms with Gasteiger partial charge in [-0.1, -0.05) is 12.1 Å². The summed E-state index contributed by atoms with van der Waals surface area (Å²) >= 11 is 0. The van der Waals surface area contributed by atoms with Crippen LogP contribution in [0.15, 0.2) is 57.8 Å². The minimum absolute atomic E-state index is 0.00600. The lowest BCUT2D eigenvalue weighted by atomic mass is 10.2. The molecule has 152 valence electrons. The fourth-order valence-electron chi connectivity index (χ4n) is 2.67. The van der Waals surface area contributed by atoms with Crippen molar-refractivity contribution in [1.82, 2.24) is 0 Å². The van der Waals surface area contributed by atoms with Gasteiger partial charge in [0.05, 0.1) is 23.7 Å². The van der Waals surface area contributed by atoms with Gasteiger partial charge in [-0.3, -0.25) is 4.72 Å². The quantitative estimate of drug-likeness (QED) is 0.585. The molecule has 2 aromatic carbocycles. The van der Waals surface area contributed by atoms with Crippen molar-refractivity contribution in [2.75, 3.05) is 17.9 Å². The van der Waals surface area contributed by atoms with Crippen LogP contribution in [-0.4, -0.2) is 33.6 Å². The average molecular weight is 417 g/mol. The van der Waals surface area contributed by atoms with Crippen LogP contribution < -0.4 is 4.72 Å². The highest BCUT2D eigenvalue weighted by Crippen LogP contribution is 2.33. The number of rotatable bonds is 7. The van der Waals surface area contributed by atoms with Crippen LogP contribution in [0.4, 0.5) is 5.69 Å². The van der Waals surface area contributed by atoms with E-state index in [1.807, 2.05) is 0 Å². The van der Waals surface area contributed by atoms with Gasteiger partial charge in [0.25, 0.3) is 10.0 Å². The third-order valence-corrected chi connectivity index (χ3v) is 5.33. The third kappa shape index (κ3) is 4.24. The zero-order valence-corrected chi connectivity index (χ0v) is 16.6. The molecule has 1 N–H and O–H groups in total. The van der Waals surface area contributed by atoms with E-state index >= 15 is 0 Å². The number of hydrogen-bond donors (Lipinski definition) is 1. The molecule has 0 amide bonds. The summed E-state index contributed by atoms with van der Waals surface area (Å²) in [7, 11) is -4.07. The number of benzene rings is 2. The third-order valence-electron chi connectivity index (χ3n) is 3.97. The van der Waals surface area contributed by atoms with Crippen molar-refractivity contribution >= 4 is 38.6 Å². The fraction of sp³-hybridized carbons (Fsp3) is 0.200. The molecule has 1 heterocycles. The summed E-state index contributed by atoms with van der Waals surface area (Å²) in [5, 5.41) is 0.419.